The molecule has 14 heteroatoms. The normalized spacial score (nSPS) is 14.4. The summed E-state index contributed by atoms with van der Waals surface area (Å²) in [6.07, 6.45) is 25.4. The average Bonchev–Trinajstić information content (AvgIpc) is 3.28. The third-order valence-corrected chi connectivity index (χ3v) is 9.90. The van der Waals surface area contributed by atoms with Gasteiger partial charge >= 0.3 is 0 Å². The van der Waals surface area contributed by atoms with Crippen LogP contribution >= 0.6 is 0 Å². The van der Waals surface area contributed by atoms with E-state index in [1.165, 1.54) is 103 Å². The summed E-state index contributed by atoms with van der Waals surface area (Å²) in [6, 6.07) is 0. The van der Waals surface area contributed by atoms with Crippen LogP contribution in [0.15, 0.2) is 0 Å². The minimum Gasteiger partial charge on any atom is -0.379 e. The molecule has 0 aromatic heterocycles. The van der Waals surface area contributed by atoms with Gasteiger partial charge in [-0.05, 0) is 25.7 Å². The van der Waals surface area contributed by atoms with E-state index in [2.05, 4.69) is 6.92 Å². The van der Waals surface area contributed by atoms with Crippen LogP contribution in [0.4, 0.5) is 0 Å². The zero-order chi connectivity index (χ0) is 43.3. The van der Waals surface area contributed by atoms with Crippen molar-refractivity contribution in [3.05, 3.63) is 0 Å². The first kappa shape index (κ1) is 58.5. The molecule has 0 spiro atoms. The van der Waals surface area contributed by atoms with Gasteiger partial charge in [0, 0.05) is 13.2 Å². The lowest BCUT2D eigenvalue weighted by atomic mass is 10.0. The Labute approximate surface area is 372 Å². The Morgan fingerprint density at radius 2 is 0.525 bits per heavy atom. The Hall–Kier alpha value is -0.560. The third kappa shape index (κ3) is 50.3. The maximum atomic E-state index is 5.70. The van der Waals surface area contributed by atoms with E-state index < -0.39 is 0 Å². The third-order valence-electron chi connectivity index (χ3n) is 9.90. The van der Waals surface area contributed by atoms with Crippen LogP contribution in [0, 0.1) is 0 Å². The molecule has 61 heavy (non-hydrogen) atoms. The van der Waals surface area contributed by atoms with Gasteiger partial charge < -0.3 is 66.3 Å². The second kappa shape index (κ2) is 53.8. The lowest BCUT2D eigenvalue weighted by Gasteiger charge is -2.22. The van der Waals surface area contributed by atoms with Gasteiger partial charge in [0.2, 0.25) is 0 Å². The number of rotatable bonds is 54. The van der Waals surface area contributed by atoms with E-state index in [0.717, 1.165) is 32.5 Å². The SMILES string of the molecule is CCCCCCCCCCCCCCCCCCOCCOCCOCCOCCOCCOCCOCCOCCOCCOCCOCCOCCOC1CCCCO1. The molecule has 1 aliphatic heterocycles. The summed E-state index contributed by atoms with van der Waals surface area (Å²) in [5.41, 5.74) is 0. The molecule has 1 atom stereocenters. The van der Waals surface area contributed by atoms with Crippen LogP contribution in [-0.4, -0.2) is 178 Å². The number of ether oxygens (including phenoxy) is 14. The lowest BCUT2D eigenvalue weighted by Crippen LogP contribution is -2.24. The van der Waals surface area contributed by atoms with Gasteiger partial charge in [-0.25, -0.2) is 0 Å². The first-order valence-corrected chi connectivity index (χ1v) is 24.6. The molecule has 0 aliphatic carbocycles. The van der Waals surface area contributed by atoms with E-state index in [4.69, 9.17) is 66.3 Å². The smallest absolute Gasteiger partial charge is 0.157 e. The fraction of sp³-hybridized carbons (Fsp3) is 1.00. The van der Waals surface area contributed by atoms with Crippen molar-refractivity contribution >= 4 is 0 Å². The van der Waals surface area contributed by atoms with Gasteiger partial charge in [0.25, 0.3) is 0 Å². The highest BCUT2D eigenvalue weighted by Gasteiger charge is 2.13. The molecular formula is C47H94O14. The Balaban J connectivity index is 1.58. The highest BCUT2D eigenvalue weighted by Crippen LogP contribution is 2.14. The topological polar surface area (TPSA) is 129 Å². The molecule has 0 N–H and O–H groups in total. The zero-order valence-electron chi connectivity index (χ0n) is 39.1. The molecule has 0 bridgehead atoms. The first-order chi connectivity index (χ1) is 30.4. The van der Waals surface area contributed by atoms with Crippen LogP contribution in [0.5, 0.6) is 0 Å². The van der Waals surface area contributed by atoms with Gasteiger partial charge in [0.15, 0.2) is 6.29 Å². The van der Waals surface area contributed by atoms with Crippen LogP contribution < -0.4 is 0 Å². The molecule has 1 saturated heterocycles. The fourth-order valence-corrected chi connectivity index (χ4v) is 6.35. The minimum absolute atomic E-state index is 0.0661. The van der Waals surface area contributed by atoms with Crippen molar-refractivity contribution in [3.8, 4) is 0 Å². The summed E-state index contributed by atoms with van der Waals surface area (Å²) in [7, 11) is 0. The van der Waals surface area contributed by atoms with Crippen LogP contribution in [0.3, 0.4) is 0 Å². The highest BCUT2D eigenvalue weighted by molar-refractivity contribution is 4.54. The highest BCUT2D eigenvalue weighted by atomic mass is 16.7. The van der Waals surface area contributed by atoms with Crippen molar-refractivity contribution in [1.82, 2.24) is 0 Å². The maximum absolute atomic E-state index is 5.70. The van der Waals surface area contributed by atoms with E-state index >= 15 is 0 Å². The molecule has 14 nitrogen and oxygen atoms in total. The Bertz CT molecular complexity index is 780. The zero-order valence-corrected chi connectivity index (χ0v) is 39.1. The summed E-state index contributed by atoms with van der Waals surface area (Å²) in [5, 5.41) is 0. The van der Waals surface area contributed by atoms with Gasteiger partial charge in [-0.3, -0.25) is 0 Å². The van der Waals surface area contributed by atoms with Crippen LogP contribution in [0.1, 0.15) is 129 Å². The molecule has 0 saturated carbocycles. The van der Waals surface area contributed by atoms with Gasteiger partial charge in [-0.1, -0.05) is 103 Å². The largest absolute Gasteiger partial charge is 0.379 e. The molecule has 1 rings (SSSR count). The molecule has 1 aliphatic rings. The predicted octanol–water partition coefficient (Wildman–Crippen LogP) is 7.99. The van der Waals surface area contributed by atoms with Crippen molar-refractivity contribution in [1.29, 1.82) is 0 Å². The molecule has 0 aromatic rings. The van der Waals surface area contributed by atoms with Gasteiger partial charge in [0.1, 0.15) is 0 Å². The van der Waals surface area contributed by atoms with Crippen molar-refractivity contribution in [3.63, 3.8) is 0 Å². The molecule has 1 fully saturated rings. The first-order valence-electron chi connectivity index (χ1n) is 24.6. The van der Waals surface area contributed by atoms with Crippen LogP contribution in [-0.2, 0) is 66.3 Å². The second-order valence-electron chi connectivity index (χ2n) is 15.3. The standard InChI is InChI=1S/C47H94O14/c1-2-3-4-5-6-7-8-9-10-11-12-13-14-15-16-18-21-48-23-24-49-25-26-50-27-28-51-29-30-52-31-32-53-33-34-54-35-36-55-37-38-56-39-40-57-41-42-58-43-44-59-45-46-61-47-20-17-19-22-60-47/h47H,2-46H2,1H3. The second-order valence-corrected chi connectivity index (χ2v) is 15.3. The van der Waals surface area contributed by atoms with Crippen molar-refractivity contribution in [2.24, 2.45) is 0 Å². The summed E-state index contributed by atoms with van der Waals surface area (Å²) >= 11 is 0. The summed E-state index contributed by atoms with van der Waals surface area (Å²) in [6.45, 7) is 16.8. The van der Waals surface area contributed by atoms with E-state index in [1.54, 1.807) is 0 Å². The van der Waals surface area contributed by atoms with Gasteiger partial charge in [-0.15, -0.1) is 0 Å². The summed E-state index contributed by atoms with van der Waals surface area (Å²) < 4.78 is 77.7. The van der Waals surface area contributed by atoms with Crippen molar-refractivity contribution < 1.29 is 66.3 Å². The Morgan fingerprint density at radius 1 is 0.279 bits per heavy atom. The summed E-state index contributed by atoms with van der Waals surface area (Å²) in [4.78, 5) is 0. The molecule has 1 heterocycles. The minimum atomic E-state index is -0.0661. The predicted molar refractivity (Wildman–Crippen MR) is 239 cm³/mol. The van der Waals surface area contributed by atoms with E-state index in [9.17, 15) is 0 Å². The molecule has 0 aromatic carbocycles. The molecular weight excluding hydrogens is 789 g/mol. The number of unbranched alkanes of at least 4 members (excludes halogenated alkanes) is 15. The van der Waals surface area contributed by atoms with E-state index in [1.807, 2.05) is 0 Å². The van der Waals surface area contributed by atoms with E-state index in [0.29, 0.717) is 159 Å². The van der Waals surface area contributed by atoms with E-state index in [-0.39, 0.29) is 6.29 Å². The quantitative estimate of drug-likeness (QED) is 0.0548. The van der Waals surface area contributed by atoms with Gasteiger partial charge in [-0.2, -0.15) is 0 Å². The summed E-state index contributed by atoms with van der Waals surface area (Å²) in [5.74, 6) is 0. The van der Waals surface area contributed by atoms with Crippen molar-refractivity contribution in [2.45, 2.75) is 135 Å². The van der Waals surface area contributed by atoms with Crippen LogP contribution in [0.2, 0.25) is 0 Å². The monoisotopic (exact) mass is 883 g/mol. The number of hydrogen-bond acceptors (Lipinski definition) is 14. The van der Waals surface area contributed by atoms with Gasteiger partial charge in [0.05, 0.1) is 159 Å². The molecule has 366 valence electrons. The Kier molecular flexibility index (Phi) is 51.5. The average molecular weight is 883 g/mol. The number of hydrogen-bond donors (Lipinski definition) is 0. The molecule has 0 amide bonds. The molecule has 0 radical (unpaired) electrons. The maximum Gasteiger partial charge on any atom is 0.157 e. The Morgan fingerprint density at radius 3 is 0.787 bits per heavy atom. The fourth-order valence-electron chi connectivity index (χ4n) is 6.35. The van der Waals surface area contributed by atoms with Crippen molar-refractivity contribution in [2.75, 3.05) is 172 Å². The van der Waals surface area contributed by atoms with Crippen LogP contribution in [0.25, 0.3) is 0 Å². The molecule has 1 unspecified atom stereocenters. The lowest BCUT2D eigenvalue weighted by molar-refractivity contribution is -0.169.